The molecule has 27 heavy (non-hydrogen) atoms. The molecule has 8 nitrogen and oxygen atoms in total. The molecule has 0 aliphatic carbocycles. The van der Waals surface area contributed by atoms with E-state index in [9.17, 15) is 8.42 Å². The number of aliphatic imine (C=N–C) groups is 1. The normalized spacial score (nSPS) is 11.7. The van der Waals surface area contributed by atoms with Gasteiger partial charge in [-0.2, -0.15) is 0 Å². The minimum atomic E-state index is -3.18. The first-order valence-electron chi connectivity index (χ1n) is 8.37. The highest BCUT2D eigenvalue weighted by Crippen LogP contribution is 2.18. The van der Waals surface area contributed by atoms with E-state index in [-0.39, 0.29) is 29.7 Å². The van der Waals surface area contributed by atoms with Crippen molar-refractivity contribution in [2.75, 3.05) is 25.9 Å². The number of guanidine groups is 1. The molecule has 0 spiro atoms. The highest BCUT2D eigenvalue weighted by atomic mass is 127. The maximum Gasteiger partial charge on any atom is 0.226 e. The van der Waals surface area contributed by atoms with Crippen molar-refractivity contribution in [3.05, 3.63) is 41.8 Å². The van der Waals surface area contributed by atoms with Gasteiger partial charge in [0.05, 0.1) is 18.0 Å². The van der Waals surface area contributed by atoms with Crippen LogP contribution < -0.4 is 15.4 Å². The number of sulfonamides is 1. The van der Waals surface area contributed by atoms with E-state index in [1.165, 1.54) is 5.56 Å². The molecule has 3 N–H and O–H groups in total. The van der Waals surface area contributed by atoms with Crippen molar-refractivity contribution in [3.63, 3.8) is 0 Å². The topological polar surface area (TPSA) is 109 Å². The molecule has 0 saturated carbocycles. The van der Waals surface area contributed by atoms with E-state index in [4.69, 9.17) is 4.42 Å². The molecule has 0 saturated heterocycles. The summed E-state index contributed by atoms with van der Waals surface area (Å²) >= 11 is 0. The maximum atomic E-state index is 11.4. The summed E-state index contributed by atoms with van der Waals surface area (Å²) in [6.07, 6.45) is 1.60. The number of aryl methyl sites for hydroxylation is 1. The predicted octanol–water partition coefficient (Wildman–Crippen LogP) is 1.87. The van der Waals surface area contributed by atoms with Crippen molar-refractivity contribution in [1.29, 1.82) is 0 Å². The minimum Gasteiger partial charge on any atom is -0.444 e. The van der Waals surface area contributed by atoms with Crippen LogP contribution >= 0.6 is 24.0 Å². The Morgan fingerprint density at radius 1 is 1.19 bits per heavy atom. The van der Waals surface area contributed by atoms with Crippen LogP contribution in [-0.2, 0) is 16.6 Å². The average molecular weight is 507 g/mol. The summed E-state index contributed by atoms with van der Waals surface area (Å²) in [6, 6.07) is 7.96. The molecule has 0 radical (unpaired) electrons. The second kappa shape index (κ2) is 11.2. The van der Waals surface area contributed by atoms with Gasteiger partial charge in [-0.3, -0.25) is 4.99 Å². The molecule has 10 heteroatoms. The molecule has 1 heterocycles. The minimum absolute atomic E-state index is 0. The standard InChI is InChI=1S/C17H25N5O3S.HI/c1-4-26(23,24)21-10-9-19-17(18-3)20-11-15-12-25-16(22-15)14-7-5-13(2)6-8-14;/h5-8,12,21H,4,9-11H2,1-3H3,(H2,18,19,20);1H. The van der Waals surface area contributed by atoms with Crippen LogP contribution in [-0.4, -0.2) is 45.3 Å². The molecule has 2 aromatic rings. The number of oxazole rings is 1. The van der Waals surface area contributed by atoms with Crippen molar-refractivity contribution in [2.45, 2.75) is 20.4 Å². The van der Waals surface area contributed by atoms with Gasteiger partial charge in [-0.15, -0.1) is 24.0 Å². The van der Waals surface area contributed by atoms with E-state index < -0.39 is 10.0 Å². The van der Waals surface area contributed by atoms with E-state index in [1.807, 2.05) is 31.2 Å². The Labute approximate surface area is 177 Å². The van der Waals surface area contributed by atoms with Gasteiger partial charge in [0.2, 0.25) is 15.9 Å². The summed E-state index contributed by atoms with van der Waals surface area (Å²) in [5.74, 6) is 1.19. The number of nitrogens with one attached hydrogen (secondary N) is 3. The Kier molecular flexibility index (Phi) is 9.74. The van der Waals surface area contributed by atoms with Crippen LogP contribution in [0.25, 0.3) is 11.5 Å². The summed E-state index contributed by atoms with van der Waals surface area (Å²) in [7, 11) is -1.53. The van der Waals surface area contributed by atoms with Crippen LogP contribution in [0.15, 0.2) is 39.9 Å². The van der Waals surface area contributed by atoms with Crippen molar-refractivity contribution in [3.8, 4) is 11.5 Å². The molecule has 150 valence electrons. The highest BCUT2D eigenvalue weighted by molar-refractivity contribution is 14.0. The summed E-state index contributed by atoms with van der Waals surface area (Å²) in [5.41, 5.74) is 2.85. The summed E-state index contributed by atoms with van der Waals surface area (Å²) in [4.78, 5) is 8.54. The van der Waals surface area contributed by atoms with Crippen molar-refractivity contribution in [1.82, 2.24) is 20.3 Å². The molecule has 1 aromatic carbocycles. The van der Waals surface area contributed by atoms with E-state index in [0.717, 1.165) is 11.3 Å². The van der Waals surface area contributed by atoms with Crippen LogP contribution in [0.4, 0.5) is 0 Å². The zero-order valence-corrected chi connectivity index (χ0v) is 18.8. The second-order valence-electron chi connectivity index (χ2n) is 5.66. The smallest absolute Gasteiger partial charge is 0.226 e. The highest BCUT2D eigenvalue weighted by Gasteiger charge is 2.08. The number of hydrogen-bond acceptors (Lipinski definition) is 5. The van der Waals surface area contributed by atoms with Crippen molar-refractivity contribution in [2.24, 2.45) is 4.99 Å². The predicted molar refractivity (Wildman–Crippen MR) is 118 cm³/mol. The number of hydrogen-bond donors (Lipinski definition) is 3. The lowest BCUT2D eigenvalue weighted by Gasteiger charge is -2.11. The van der Waals surface area contributed by atoms with E-state index in [1.54, 1.807) is 20.2 Å². The molecule has 0 aliphatic rings. The van der Waals surface area contributed by atoms with Gasteiger partial charge in [-0.1, -0.05) is 17.7 Å². The van der Waals surface area contributed by atoms with Gasteiger partial charge in [-0.25, -0.2) is 18.1 Å². The van der Waals surface area contributed by atoms with Gasteiger partial charge in [-0.05, 0) is 26.0 Å². The number of rotatable bonds is 8. The molecule has 0 amide bonds. The quantitative estimate of drug-likeness (QED) is 0.218. The van der Waals surface area contributed by atoms with E-state index in [0.29, 0.717) is 31.5 Å². The lowest BCUT2D eigenvalue weighted by molar-refractivity contribution is 0.572. The molecular weight excluding hydrogens is 481 g/mol. The molecule has 0 aliphatic heterocycles. The number of aromatic nitrogens is 1. The van der Waals surface area contributed by atoms with Gasteiger partial charge in [0.1, 0.15) is 6.26 Å². The van der Waals surface area contributed by atoms with Crippen LogP contribution in [0.5, 0.6) is 0 Å². The third-order valence-electron chi connectivity index (χ3n) is 3.63. The molecule has 0 fully saturated rings. The van der Waals surface area contributed by atoms with E-state index >= 15 is 0 Å². The number of benzene rings is 1. The summed E-state index contributed by atoms with van der Waals surface area (Å²) in [5, 5.41) is 6.15. The Morgan fingerprint density at radius 2 is 1.89 bits per heavy atom. The summed E-state index contributed by atoms with van der Waals surface area (Å²) < 4.78 is 30.7. The van der Waals surface area contributed by atoms with Crippen LogP contribution in [0.2, 0.25) is 0 Å². The Bertz CT molecular complexity index is 835. The van der Waals surface area contributed by atoms with Gasteiger partial charge in [0, 0.05) is 25.7 Å². The molecule has 2 rings (SSSR count). The van der Waals surface area contributed by atoms with Crippen molar-refractivity contribution < 1.29 is 12.8 Å². The van der Waals surface area contributed by atoms with Crippen LogP contribution in [0, 0.1) is 6.92 Å². The summed E-state index contributed by atoms with van der Waals surface area (Å²) in [6.45, 7) is 4.78. The SMILES string of the molecule is CCS(=O)(=O)NCCNC(=NC)NCc1coc(-c2ccc(C)cc2)n1.I. The molecule has 0 bridgehead atoms. The number of halogens is 1. The maximum absolute atomic E-state index is 11.4. The molecular formula is C17H26IN5O3S. The van der Waals surface area contributed by atoms with Crippen molar-refractivity contribution >= 4 is 40.0 Å². The molecule has 1 aromatic heterocycles. The van der Waals surface area contributed by atoms with Gasteiger partial charge in [0.25, 0.3) is 0 Å². The first-order chi connectivity index (χ1) is 12.4. The Hall–Kier alpha value is -1.66. The fourth-order valence-electron chi connectivity index (χ4n) is 2.10. The van der Waals surface area contributed by atoms with E-state index in [2.05, 4.69) is 25.3 Å². The lowest BCUT2D eigenvalue weighted by Crippen LogP contribution is -2.41. The zero-order chi connectivity index (χ0) is 19.0. The third-order valence-corrected chi connectivity index (χ3v) is 5.03. The van der Waals surface area contributed by atoms with Crippen LogP contribution in [0.1, 0.15) is 18.2 Å². The first-order valence-corrected chi connectivity index (χ1v) is 10.0. The van der Waals surface area contributed by atoms with Gasteiger partial charge < -0.3 is 15.1 Å². The molecule has 0 unspecified atom stereocenters. The zero-order valence-electron chi connectivity index (χ0n) is 15.7. The van der Waals surface area contributed by atoms with Crippen LogP contribution in [0.3, 0.4) is 0 Å². The fourth-order valence-corrected chi connectivity index (χ4v) is 2.72. The van der Waals surface area contributed by atoms with Gasteiger partial charge in [0.15, 0.2) is 5.96 Å². The monoisotopic (exact) mass is 507 g/mol. The average Bonchev–Trinajstić information content (AvgIpc) is 3.10. The third kappa shape index (κ3) is 7.85. The Balaban J connectivity index is 0.00000364. The fraction of sp³-hybridized carbons (Fsp3) is 0.412. The molecule has 0 atom stereocenters. The first kappa shape index (κ1) is 23.4. The van der Waals surface area contributed by atoms with Gasteiger partial charge >= 0.3 is 0 Å². The largest absolute Gasteiger partial charge is 0.444 e. The lowest BCUT2D eigenvalue weighted by atomic mass is 10.1. The Morgan fingerprint density at radius 3 is 2.52 bits per heavy atom. The number of nitrogens with zero attached hydrogens (tertiary/aromatic N) is 2. The second-order valence-corrected chi connectivity index (χ2v) is 7.76.